The molecule has 3 nitrogen and oxygen atoms in total. The van der Waals surface area contributed by atoms with E-state index >= 15 is 0 Å². The second-order valence-electron chi connectivity index (χ2n) is 5.09. The lowest BCUT2D eigenvalue weighted by molar-refractivity contribution is -0.143. The average molecular weight is 362 g/mol. The summed E-state index contributed by atoms with van der Waals surface area (Å²) in [6.07, 6.45) is -9.95. The summed E-state index contributed by atoms with van der Waals surface area (Å²) in [4.78, 5) is 11.7. The molecule has 134 valence electrons. The number of carbonyl (C=O) groups is 1. The quantitative estimate of drug-likeness (QED) is 0.738. The molecule has 0 bridgehead atoms. The van der Waals surface area contributed by atoms with E-state index in [1.54, 1.807) is 30.3 Å². The zero-order chi connectivity index (χ0) is 18.7. The Morgan fingerprint density at radius 1 is 0.840 bits per heavy atom. The summed E-state index contributed by atoms with van der Waals surface area (Å²) in [6.45, 7) is 0.0672. The molecule has 0 radical (unpaired) electrons. The van der Waals surface area contributed by atoms with Gasteiger partial charge in [0, 0.05) is 12.2 Å². The summed E-state index contributed by atoms with van der Waals surface area (Å²) in [7, 11) is 0. The zero-order valence-corrected chi connectivity index (χ0v) is 12.5. The summed E-state index contributed by atoms with van der Waals surface area (Å²) < 4.78 is 76.5. The third-order valence-electron chi connectivity index (χ3n) is 3.14. The number of hydrogen-bond donors (Lipinski definition) is 2. The summed E-state index contributed by atoms with van der Waals surface area (Å²) in [5.41, 5.74) is -2.88. The van der Waals surface area contributed by atoms with E-state index in [0.29, 0.717) is 12.1 Å². The molecule has 2 aromatic carbocycles. The Hall–Kier alpha value is -2.71. The van der Waals surface area contributed by atoms with E-state index in [1.165, 1.54) is 0 Å². The van der Waals surface area contributed by atoms with E-state index in [0.717, 1.165) is 5.56 Å². The van der Waals surface area contributed by atoms with Gasteiger partial charge in [-0.2, -0.15) is 26.3 Å². The fraction of sp³-hybridized carbons (Fsp3) is 0.188. The van der Waals surface area contributed by atoms with Gasteiger partial charge in [-0.15, -0.1) is 0 Å². The highest BCUT2D eigenvalue weighted by Gasteiger charge is 2.37. The first kappa shape index (κ1) is 18.6. The number of amides is 2. The van der Waals surface area contributed by atoms with Crippen LogP contribution in [-0.4, -0.2) is 6.03 Å². The first-order valence-corrected chi connectivity index (χ1v) is 6.94. The zero-order valence-electron chi connectivity index (χ0n) is 12.5. The molecule has 9 heteroatoms. The third-order valence-corrected chi connectivity index (χ3v) is 3.14. The molecule has 0 saturated carbocycles. The smallest absolute Gasteiger partial charge is 0.334 e. The standard InChI is InChI=1S/C16H12F6N2O/c17-15(18,19)11-6-12(16(20,21)22)8-13(7-11)24-14(25)23-9-10-4-2-1-3-5-10/h1-8H,9H2,(H2,23,24,25). The summed E-state index contributed by atoms with van der Waals surface area (Å²) in [5.74, 6) is 0. The van der Waals surface area contributed by atoms with E-state index in [4.69, 9.17) is 0 Å². The van der Waals surface area contributed by atoms with Crippen molar-refractivity contribution in [3.63, 3.8) is 0 Å². The van der Waals surface area contributed by atoms with E-state index in [1.807, 2.05) is 5.32 Å². The highest BCUT2D eigenvalue weighted by molar-refractivity contribution is 5.89. The van der Waals surface area contributed by atoms with Crippen LogP contribution < -0.4 is 10.6 Å². The molecule has 0 aliphatic rings. The van der Waals surface area contributed by atoms with Crippen LogP contribution in [0.1, 0.15) is 16.7 Å². The Morgan fingerprint density at radius 2 is 1.36 bits per heavy atom. The van der Waals surface area contributed by atoms with Crippen LogP contribution in [0.15, 0.2) is 48.5 Å². The van der Waals surface area contributed by atoms with Gasteiger partial charge in [0.15, 0.2) is 0 Å². The molecule has 2 amide bonds. The minimum atomic E-state index is -4.97. The van der Waals surface area contributed by atoms with Gasteiger partial charge in [-0.3, -0.25) is 0 Å². The van der Waals surface area contributed by atoms with Crippen LogP contribution in [0, 0.1) is 0 Å². The number of halogens is 6. The van der Waals surface area contributed by atoms with Crippen molar-refractivity contribution in [1.29, 1.82) is 0 Å². The Labute approximate surface area is 138 Å². The summed E-state index contributed by atoms with van der Waals surface area (Å²) >= 11 is 0. The number of carbonyl (C=O) groups excluding carboxylic acids is 1. The maximum atomic E-state index is 12.7. The monoisotopic (exact) mass is 362 g/mol. The van der Waals surface area contributed by atoms with Crippen molar-refractivity contribution in [2.45, 2.75) is 18.9 Å². The Balaban J connectivity index is 2.16. The maximum absolute atomic E-state index is 12.7. The van der Waals surface area contributed by atoms with E-state index in [9.17, 15) is 31.1 Å². The first-order valence-electron chi connectivity index (χ1n) is 6.94. The molecule has 0 heterocycles. The van der Waals surface area contributed by atoms with Crippen molar-refractivity contribution >= 4 is 11.7 Å². The summed E-state index contributed by atoms with van der Waals surface area (Å²) in [6, 6.07) is 8.55. The largest absolute Gasteiger partial charge is 0.416 e. The van der Waals surface area contributed by atoms with Gasteiger partial charge < -0.3 is 10.6 Å². The summed E-state index contributed by atoms with van der Waals surface area (Å²) in [5, 5.41) is 4.34. The molecule has 2 rings (SSSR count). The van der Waals surface area contributed by atoms with Crippen molar-refractivity contribution in [2.24, 2.45) is 0 Å². The molecule has 2 aromatic rings. The molecule has 0 saturated heterocycles. The van der Waals surface area contributed by atoms with Gasteiger partial charge >= 0.3 is 18.4 Å². The SMILES string of the molecule is O=C(NCc1ccccc1)Nc1cc(C(F)(F)F)cc(C(F)(F)F)c1. The van der Waals surface area contributed by atoms with Crippen molar-refractivity contribution in [1.82, 2.24) is 5.32 Å². The average Bonchev–Trinajstić information content (AvgIpc) is 2.52. The Kier molecular flexibility index (Phi) is 5.24. The highest BCUT2D eigenvalue weighted by Crippen LogP contribution is 2.37. The molecule has 0 aromatic heterocycles. The predicted octanol–water partition coefficient (Wildman–Crippen LogP) is 5.05. The number of alkyl halides is 6. The van der Waals surface area contributed by atoms with Crippen molar-refractivity contribution in [2.75, 3.05) is 5.32 Å². The molecule has 25 heavy (non-hydrogen) atoms. The van der Waals surface area contributed by atoms with Gasteiger partial charge in [-0.05, 0) is 23.8 Å². The number of anilines is 1. The molecular formula is C16H12F6N2O. The van der Waals surface area contributed by atoms with Crippen molar-refractivity contribution < 1.29 is 31.1 Å². The number of hydrogen-bond acceptors (Lipinski definition) is 1. The first-order chi connectivity index (χ1) is 11.6. The van der Waals surface area contributed by atoms with E-state index in [-0.39, 0.29) is 12.6 Å². The molecule has 0 aliphatic carbocycles. The lowest BCUT2D eigenvalue weighted by Gasteiger charge is -2.15. The Morgan fingerprint density at radius 3 is 1.84 bits per heavy atom. The van der Waals surface area contributed by atoms with E-state index in [2.05, 4.69) is 5.32 Å². The second-order valence-corrected chi connectivity index (χ2v) is 5.09. The molecule has 0 unspecified atom stereocenters. The van der Waals surface area contributed by atoms with Gasteiger partial charge in [0.05, 0.1) is 11.1 Å². The van der Waals surface area contributed by atoms with Crippen molar-refractivity contribution in [3.05, 3.63) is 65.2 Å². The van der Waals surface area contributed by atoms with Gasteiger partial charge in [0.2, 0.25) is 0 Å². The molecular weight excluding hydrogens is 350 g/mol. The van der Waals surface area contributed by atoms with E-state index < -0.39 is 35.2 Å². The molecule has 0 atom stereocenters. The number of benzene rings is 2. The minimum Gasteiger partial charge on any atom is -0.334 e. The van der Waals surface area contributed by atoms with Crippen LogP contribution in [0.5, 0.6) is 0 Å². The van der Waals surface area contributed by atoms with Gasteiger partial charge in [-0.25, -0.2) is 4.79 Å². The van der Waals surface area contributed by atoms with Gasteiger partial charge in [0.25, 0.3) is 0 Å². The molecule has 2 N–H and O–H groups in total. The minimum absolute atomic E-state index is 0.00689. The molecule has 0 fully saturated rings. The van der Waals surface area contributed by atoms with Crippen molar-refractivity contribution in [3.8, 4) is 0 Å². The molecule has 0 aliphatic heterocycles. The van der Waals surface area contributed by atoms with Crippen LogP contribution in [0.4, 0.5) is 36.8 Å². The van der Waals surface area contributed by atoms with Crippen LogP contribution >= 0.6 is 0 Å². The van der Waals surface area contributed by atoms with Crippen LogP contribution in [0.2, 0.25) is 0 Å². The lowest BCUT2D eigenvalue weighted by atomic mass is 10.1. The number of nitrogens with one attached hydrogen (secondary N) is 2. The molecule has 0 spiro atoms. The van der Waals surface area contributed by atoms with Crippen LogP contribution in [0.25, 0.3) is 0 Å². The second kappa shape index (κ2) is 7.04. The normalized spacial score (nSPS) is 11.9. The van der Waals surface area contributed by atoms with Crippen LogP contribution in [-0.2, 0) is 18.9 Å². The number of urea groups is 1. The fourth-order valence-corrected chi connectivity index (χ4v) is 1.98. The van der Waals surface area contributed by atoms with Gasteiger partial charge in [0.1, 0.15) is 0 Å². The fourth-order valence-electron chi connectivity index (χ4n) is 1.98. The number of rotatable bonds is 3. The lowest BCUT2D eigenvalue weighted by Crippen LogP contribution is -2.28. The maximum Gasteiger partial charge on any atom is 0.416 e. The third kappa shape index (κ3) is 5.40. The predicted molar refractivity (Wildman–Crippen MR) is 78.7 cm³/mol. The Bertz CT molecular complexity index is 708. The highest BCUT2D eigenvalue weighted by atomic mass is 19.4. The van der Waals surface area contributed by atoms with Crippen LogP contribution in [0.3, 0.4) is 0 Å². The topological polar surface area (TPSA) is 41.1 Å². The van der Waals surface area contributed by atoms with Gasteiger partial charge in [-0.1, -0.05) is 30.3 Å².